The zero-order valence-corrected chi connectivity index (χ0v) is 11.8. The first-order chi connectivity index (χ1) is 8.66. The van der Waals surface area contributed by atoms with Gasteiger partial charge >= 0.3 is 0 Å². The number of imidazole rings is 1. The summed E-state index contributed by atoms with van der Waals surface area (Å²) in [5.41, 5.74) is 1.28. The lowest BCUT2D eigenvalue weighted by atomic mass is 10.1. The first kappa shape index (κ1) is 13.6. The summed E-state index contributed by atoms with van der Waals surface area (Å²) in [7, 11) is 2.16. The molecular formula is C14H25N3O. The zero-order chi connectivity index (χ0) is 13.0. The topological polar surface area (TPSA) is 30.3 Å². The van der Waals surface area contributed by atoms with E-state index in [-0.39, 0.29) is 0 Å². The molecule has 1 fully saturated rings. The average molecular weight is 251 g/mol. The molecule has 1 saturated heterocycles. The van der Waals surface area contributed by atoms with Gasteiger partial charge in [0, 0.05) is 31.9 Å². The van der Waals surface area contributed by atoms with Crippen molar-refractivity contribution in [3.8, 4) is 0 Å². The summed E-state index contributed by atoms with van der Waals surface area (Å²) in [5.74, 6) is 0. The monoisotopic (exact) mass is 251 g/mol. The van der Waals surface area contributed by atoms with Gasteiger partial charge in [-0.15, -0.1) is 0 Å². The van der Waals surface area contributed by atoms with Crippen LogP contribution in [0, 0.1) is 0 Å². The predicted octanol–water partition coefficient (Wildman–Crippen LogP) is 2.46. The number of rotatable bonds is 5. The summed E-state index contributed by atoms with van der Waals surface area (Å²) in [4.78, 5) is 6.59. The summed E-state index contributed by atoms with van der Waals surface area (Å²) in [6.07, 6.45) is 8.04. The first-order valence-electron chi connectivity index (χ1n) is 6.97. The fourth-order valence-corrected chi connectivity index (χ4v) is 2.56. The van der Waals surface area contributed by atoms with E-state index < -0.39 is 0 Å². The van der Waals surface area contributed by atoms with Crippen LogP contribution in [0.3, 0.4) is 0 Å². The second-order valence-corrected chi connectivity index (χ2v) is 5.57. The van der Waals surface area contributed by atoms with Gasteiger partial charge in [0.25, 0.3) is 0 Å². The Balaban J connectivity index is 1.86. The van der Waals surface area contributed by atoms with Crippen molar-refractivity contribution in [2.24, 2.45) is 0 Å². The third kappa shape index (κ3) is 3.56. The quantitative estimate of drug-likeness (QED) is 0.805. The molecule has 1 atom stereocenters. The Bertz CT molecular complexity index is 356. The van der Waals surface area contributed by atoms with Crippen molar-refractivity contribution in [3.63, 3.8) is 0 Å². The third-order valence-electron chi connectivity index (χ3n) is 3.52. The van der Waals surface area contributed by atoms with Gasteiger partial charge in [0.15, 0.2) is 0 Å². The molecule has 2 heterocycles. The predicted molar refractivity (Wildman–Crippen MR) is 72.5 cm³/mol. The van der Waals surface area contributed by atoms with E-state index in [0.717, 1.165) is 19.7 Å². The van der Waals surface area contributed by atoms with E-state index in [2.05, 4.69) is 35.3 Å². The van der Waals surface area contributed by atoms with Crippen LogP contribution in [-0.4, -0.2) is 40.8 Å². The molecule has 0 bridgehead atoms. The number of hydrogen-bond donors (Lipinski definition) is 0. The van der Waals surface area contributed by atoms with Crippen molar-refractivity contribution in [3.05, 3.63) is 18.2 Å². The highest BCUT2D eigenvalue weighted by atomic mass is 16.5. The lowest BCUT2D eigenvalue weighted by molar-refractivity contribution is -0.00290. The molecule has 0 radical (unpaired) electrons. The highest BCUT2D eigenvalue weighted by molar-refractivity contribution is 4.99. The van der Waals surface area contributed by atoms with E-state index in [1.54, 1.807) is 0 Å². The molecule has 4 heteroatoms. The lowest BCUT2D eigenvalue weighted by Crippen LogP contribution is -2.33. The molecule has 0 amide bonds. The highest BCUT2D eigenvalue weighted by Crippen LogP contribution is 2.15. The molecule has 2 rings (SSSR count). The molecule has 0 N–H and O–H groups in total. The number of likely N-dealkylation sites (N-methyl/N-ethyl adjacent to an activating group) is 1. The number of ether oxygens (including phenoxy) is 1. The lowest BCUT2D eigenvalue weighted by Gasteiger charge is -2.27. The van der Waals surface area contributed by atoms with E-state index >= 15 is 0 Å². The molecule has 0 aliphatic carbocycles. The molecule has 1 aliphatic rings. The Morgan fingerprint density at radius 1 is 1.50 bits per heavy atom. The Morgan fingerprint density at radius 3 is 3.00 bits per heavy atom. The van der Waals surface area contributed by atoms with Gasteiger partial charge in [-0.1, -0.05) is 0 Å². The maximum atomic E-state index is 5.78. The molecular weight excluding hydrogens is 226 g/mol. The Kier molecular flexibility index (Phi) is 4.78. The van der Waals surface area contributed by atoms with Gasteiger partial charge in [0.2, 0.25) is 0 Å². The normalized spacial score (nSPS) is 20.8. The second-order valence-electron chi connectivity index (χ2n) is 5.57. The smallest absolute Gasteiger partial charge is 0.0951 e. The van der Waals surface area contributed by atoms with Gasteiger partial charge in [-0.2, -0.15) is 0 Å². The van der Waals surface area contributed by atoms with Crippen molar-refractivity contribution in [2.75, 3.05) is 20.2 Å². The van der Waals surface area contributed by atoms with E-state index in [0.29, 0.717) is 12.1 Å². The van der Waals surface area contributed by atoms with Crippen LogP contribution in [-0.2, 0) is 11.3 Å². The number of hydrogen-bond acceptors (Lipinski definition) is 3. The molecule has 4 nitrogen and oxygen atoms in total. The van der Waals surface area contributed by atoms with Crippen molar-refractivity contribution < 1.29 is 4.74 Å². The molecule has 18 heavy (non-hydrogen) atoms. The molecule has 1 aromatic heterocycles. The molecule has 1 aliphatic heterocycles. The van der Waals surface area contributed by atoms with E-state index in [1.165, 1.54) is 25.0 Å². The van der Waals surface area contributed by atoms with Gasteiger partial charge in [-0.25, -0.2) is 4.98 Å². The van der Waals surface area contributed by atoms with Gasteiger partial charge in [-0.3, -0.25) is 4.90 Å². The van der Waals surface area contributed by atoms with Crippen molar-refractivity contribution >= 4 is 0 Å². The van der Waals surface area contributed by atoms with Crippen LogP contribution in [0.5, 0.6) is 0 Å². The Hall–Kier alpha value is -0.870. The van der Waals surface area contributed by atoms with Crippen LogP contribution in [0.15, 0.2) is 12.5 Å². The Labute approximate surface area is 110 Å². The minimum absolute atomic E-state index is 0.416. The summed E-state index contributed by atoms with van der Waals surface area (Å²) in [6, 6.07) is 0.474. The van der Waals surface area contributed by atoms with Crippen molar-refractivity contribution in [1.82, 2.24) is 14.5 Å². The fourth-order valence-electron chi connectivity index (χ4n) is 2.56. The van der Waals surface area contributed by atoms with Crippen LogP contribution in [0.25, 0.3) is 0 Å². The summed E-state index contributed by atoms with van der Waals surface area (Å²) in [5, 5.41) is 0. The van der Waals surface area contributed by atoms with Crippen LogP contribution in [0.1, 0.15) is 44.8 Å². The summed E-state index contributed by atoms with van der Waals surface area (Å²) >= 11 is 0. The molecule has 0 spiro atoms. The number of nitrogens with zero attached hydrogens (tertiary/aromatic N) is 3. The molecule has 0 saturated carbocycles. The average Bonchev–Trinajstić information content (AvgIpc) is 2.78. The highest BCUT2D eigenvalue weighted by Gasteiger charge is 2.17. The van der Waals surface area contributed by atoms with Crippen molar-refractivity contribution in [1.29, 1.82) is 0 Å². The minimum atomic E-state index is 0.416. The van der Waals surface area contributed by atoms with Crippen molar-refractivity contribution in [2.45, 2.75) is 51.8 Å². The van der Waals surface area contributed by atoms with Crippen LogP contribution >= 0.6 is 0 Å². The molecule has 102 valence electrons. The summed E-state index contributed by atoms with van der Waals surface area (Å²) < 4.78 is 8.02. The third-order valence-corrected chi connectivity index (χ3v) is 3.52. The summed E-state index contributed by atoms with van der Waals surface area (Å²) in [6.45, 7) is 7.27. The van der Waals surface area contributed by atoms with Gasteiger partial charge in [0.05, 0.1) is 18.1 Å². The second kappa shape index (κ2) is 6.34. The zero-order valence-electron chi connectivity index (χ0n) is 11.8. The Morgan fingerprint density at radius 2 is 2.33 bits per heavy atom. The van der Waals surface area contributed by atoms with E-state index in [1.807, 2.05) is 12.5 Å². The number of aromatic nitrogens is 2. The first-order valence-corrected chi connectivity index (χ1v) is 6.97. The molecule has 0 aromatic carbocycles. The van der Waals surface area contributed by atoms with Crippen LogP contribution in [0.2, 0.25) is 0 Å². The maximum absolute atomic E-state index is 5.78. The molecule has 1 aromatic rings. The van der Waals surface area contributed by atoms with Gasteiger partial charge in [0.1, 0.15) is 0 Å². The molecule has 0 unspecified atom stereocenters. The minimum Gasteiger partial charge on any atom is -0.377 e. The van der Waals surface area contributed by atoms with E-state index in [4.69, 9.17) is 4.74 Å². The standard InChI is InChI=1S/C14H25N3O/c1-12(2)17-11-15-8-13(17)9-16(3)10-14-6-4-5-7-18-14/h8,11-12,14H,4-7,9-10H2,1-3H3/t14-/m1/s1. The largest absolute Gasteiger partial charge is 0.377 e. The fraction of sp³-hybridized carbons (Fsp3) is 0.786. The SMILES string of the molecule is CC(C)n1cncc1CN(C)C[C@H]1CCCCO1. The maximum Gasteiger partial charge on any atom is 0.0951 e. The van der Waals surface area contributed by atoms with Crippen LogP contribution in [0.4, 0.5) is 0 Å². The van der Waals surface area contributed by atoms with Gasteiger partial charge in [-0.05, 0) is 40.2 Å². The van der Waals surface area contributed by atoms with E-state index in [9.17, 15) is 0 Å². The van der Waals surface area contributed by atoms with Gasteiger partial charge < -0.3 is 9.30 Å². The van der Waals surface area contributed by atoms with Crippen LogP contribution < -0.4 is 0 Å².